The van der Waals surface area contributed by atoms with Crippen molar-refractivity contribution in [3.63, 3.8) is 0 Å². The van der Waals surface area contributed by atoms with Gasteiger partial charge in [0.05, 0.1) is 18.9 Å². The lowest BCUT2D eigenvalue weighted by Crippen LogP contribution is -2.57. The lowest BCUT2D eigenvalue weighted by Gasteiger charge is -2.24. The van der Waals surface area contributed by atoms with E-state index in [4.69, 9.17) is 22.3 Å². The van der Waals surface area contributed by atoms with Crippen LogP contribution in [-0.2, 0) is 28.8 Å². The summed E-state index contributed by atoms with van der Waals surface area (Å²) in [6.45, 7) is 0.320. The third-order valence-electron chi connectivity index (χ3n) is 4.57. The summed E-state index contributed by atoms with van der Waals surface area (Å²) in [6.07, 6.45) is 1.60. The maximum absolute atomic E-state index is 12.8. The molecule has 0 saturated heterocycles. The Morgan fingerprint density at radius 1 is 0.824 bits per heavy atom. The molecule has 0 rings (SSSR count). The molecule has 0 spiro atoms. The molecule has 4 amide bonds. The van der Waals surface area contributed by atoms with Gasteiger partial charge in [-0.1, -0.05) is 0 Å². The van der Waals surface area contributed by atoms with Crippen LogP contribution >= 0.6 is 11.8 Å². The minimum atomic E-state index is -1.50. The normalized spacial score (nSPS) is 14.2. The summed E-state index contributed by atoms with van der Waals surface area (Å²) in [5.41, 5.74) is 16.2. The highest BCUT2D eigenvalue weighted by molar-refractivity contribution is 7.98. The fraction of sp³-hybridized carbons (Fsp3) is 0.684. The number of aliphatic carboxylic acids is 2. The number of rotatable bonds is 18. The number of hydrogen-bond acceptors (Lipinski definition) is 9. The van der Waals surface area contributed by atoms with Gasteiger partial charge in [-0.3, -0.25) is 24.0 Å². The van der Waals surface area contributed by atoms with Crippen molar-refractivity contribution in [1.82, 2.24) is 16.0 Å². The second-order valence-corrected chi connectivity index (χ2v) is 8.45. The van der Waals surface area contributed by atoms with E-state index in [0.717, 1.165) is 0 Å². The number of carboxylic acid groups (broad SMARTS) is 2. The summed E-state index contributed by atoms with van der Waals surface area (Å²) >= 11 is 1.37. The lowest BCUT2D eigenvalue weighted by molar-refractivity contribution is -0.142. The number of carbonyl (C=O) groups excluding carboxylic acids is 4. The molecule has 4 atom stereocenters. The Hall–Kier alpha value is -2.91. The van der Waals surface area contributed by atoms with Crippen molar-refractivity contribution in [2.45, 2.75) is 62.7 Å². The van der Waals surface area contributed by atoms with Crippen LogP contribution in [0.15, 0.2) is 0 Å². The van der Waals surface area contributed by atoms with Gasteiger partial charge in [0.15, 0.2) is 0 Å². The highest BCUT2D eigenvalue weighted by Gasteiger charge is 2.31. The van der Waals surface area contributed by atoms with Crippen molar-refractivity contribution >= 4 is 47.3 Å². The molecule has 0 aromatic heterocycles. The fourth-order valence-electron chi connectivity index (χ4n) is 2.77. The zero-order valence-electron chi connectivity index (χ0n) is 19.0. The molecular weight excluding hydrogens is 472 g/mol. The highest BCUT2D eigenvalue weighted by Crippen LogP contribution is 2.06. The molecule has 0 aromatic rings. The van der Waals surface area contributed by atoms with Gasteiger partial charge in [-0.05, 0) is 44.2 Å². The average molecular weight is 507 g/mol. The maximum Gasteiger partial charge on any atom is 0.326 e. The second-order valence-electron chi connectivity index (χ2n) is 7.46. The molecule has 0 fully saturated rings. The molecule has 0 aliphatic rings. The van der Waals surface area contributed by atoms with Crippen molar-refractivity contribution in [3.05, 3.63) is 0 Å². The number of amides is 4. The van der Waals surface area contributed by atoms with Gasteiger partial charge in [0.2, 0.25) is 23.6 Å². The first-order valence-electron chi connectivity index (χ1n) is 10.5. The summed E-state index contributed by atoms with van der Waals surface area (Å²) < 4.78 is 0. The smallest absolute Gasteiger partial charge is 0.326 e. The molecule has 4 unspecified atom stereocenters. The summed E-state index contributed by atoms with van der Waals surface area (Å²) in [4.78, 5) is 71.3. The number of primary amides is 1. The lowest BCUT2D eigenvalue weighted by atomic mass is 10.1. The van der Waals surface area contributed by atoms with Crippen LogP contribution in [0.3, 0.4) is 0 Å². The quantitative estimate of drug-likeness (QED) is 0.0873. The molecule has 15 heteroatoms. The van der Waals surface area contributed by atoms with Crippen LogP contribution in [0.2, 0.25) is 0 Å². The summed E-state index contributed by atoms with van der Waals surface area (Å²) in [5, 5.41) is 25.0. The Morgan fingerprint density at radius 2 is 1.38 bits per heavy atom. The Balaban J connectivity index is 5.50. The summed E-state index contributed by atoms with van der Waals surface area (Å²) in [7, 11) is 0. The standard InChI is InChI=1S/C19H34N6O8S/c1-34-7-5-12(19(32)33)24-18(31)13(9-14(22)26)25-17(30)11(4-2-3-6-20)23-16(29)10(21)8-15(27)28/h10-13H,2-9,20-21H2,1H3,(H2,22,26)(H,23,29)(H,24,31)(H,25,30)(H,27,28)(H,32,33). The Morgan fingerprint density at radius 3 is 1.88 bits per heavy atom. The predicted octanol–water partition coefficient (Wildman–Crippen LogP) is -2.92. The molecule has 34 heavy (non-hydrogen) atoms. The van der Waals surface area contributed by atoms with E-state index in [1.165, 1.54) is 11.8 Å². The second kappa shape index (κ2) is 16.7. The minimum Gasteiger partial charge on any atom is -0.481 e. The van der Waals surface area contributed by atoms with Crippen LogP contribution in [0, 0.1) is 0 Å². The van der Waals surface area contributed by atoms with E-state index in [1.807, 2.05) is 0 Å². The number of thioether (sulfide) groups is 1. The van der Waals surface area contributed by atoms with E-state index >= 15 is 0 Å². The first-order chi connectivity index (χ1) is 15.9. The number of unbranched alkanes of at least 4 members (excludes halogenated alkanes) is 1. The molecule has 0 aliphatic heterocycles. The van der Waals surface area contributed by atoms with Crippen LogP contribution < -0.4 is 33.2 Å². The van der Waals surface area contributed by atoms with Gasteiger partial charge >= 0.3 is 11.9 Å². The first-order valence-corrected chi connectivity index (χ1v) is 11.9. The molecule has 194 valence electrons. The maximum atomic E-state index is 12.8. The van der Waals surface area contributed by atoms with Crippen molar-refractivity contribution in [2.24, 2.45) is 17.2 Å². The third kappa shape index (κ3) is 13.0. The van der Waals surface area contributed by atoms with E-state index < -0.39 is 72.6 Å². The number of nitrogens with one attached hydrogen (secondary N) is 3. The SMILES string of the molecule is CSCCC(NC(=O)C(CC(N)=O)NC(=O)C(CCCCN)NC(=O)C(N)CC(=O)O)C(=O)O. The Labute approximate surface area is 201 Å². The monoisotopic (exact) mass is 506 g/mol. The van der Waals surface area contributed by atoms with Crippen LogP contribution in [0.4, 0.5) is 0 Å². The molecule has 0 bridgehead atoms. The molecule has 0 aliphatic carbocycles. The van der Waals surface area contributed by atoms with E-state index in [1.54, 1.807) is 6.26 Å². The average Bonchev–Trinajstić information content (AvgIpc) is 2.74. The minimum absolute atomic E-state index is 0.0882. The highest BCUT2D eigenvalue weighted by atomic mass is 32.2. The van der Waals surface area contributed by atoms with Gasteiger partial charge in [0.1, 0.15) is 18.1 Å². The molecular formula is C19H34N6O8S. The van der Waals surface area contributed by atoms with Gasteiger partial charge in [-0.2, -0.15) is 11.8 Å². The van der Waals surface area contributed by atoms with Gasteiger partial charge in [-0.25, -0.2) is 4.79 Å². The molecule has 0 aromatic carbocycles. The fourth-order valence-corrected chi connectivity index (χ4v) is 3.24. The van der Waals surface area contributed by atoms with Crippen molar-refractivity contribution in [1.29, 1.82) is 0 Å². The first kappa shape index (κ1) is 31.1. The van der Waals surface area contributed by atoms with Crippen LogP contribution in [0.5, 0.6) is 0 Å². The van der Waals surface area contributed by atoms with Crippen molar-refractivity contribution in [3.8, 4) is 0 Å². The predicted molar refractivity (Wildman–Crippen MR) is 123 cm³/mol. The zero-order chi connectivity index (χ0) is 26.3. The van der Waals surface area contributed by atoms with Crippen LogP contribution in [0.25, 0.3) is 0 Å². The molecule has 14 nitrogen and oxygen atoms in total. The molecule has 0 heterocycles. The van der Waals surface area contributed by atoms with Gasteiger partial charge in [0.25, 0.3) is 0 Å². The number of carboxylic acids is 2. The van der Waals surface area contributed by atoms with Crippen molar-refractivity contribution in [2.75, 3.05) is 18.6 Å². The number of nitrogens with two attached hydrogens (primary N) is 3. The number of carbonyl (C=O) groups is 6. The molecule has 0 saturated carbocycles. The van der Waals surface area contributed by atoms with E-state index in [0.29, 0.717) is 25.1 Å². The van der Waals surface area contributed by atoms with Gasteiger partial charge < -0.3 is 43.4 Å². The Bertz CT molecular complexity index is 738. The van der Waals surface area contributed by atoms with E-state index in [9.17, 15) is 33.9 Å². The van der Waals surface area contributed by atoms with Gasteiger partial charge in [-0.15, -0.1) is 0 Å². The third-order valence-corrected chi connectivity index (χ3v) is 5.22. The summed E-state index contributed by atoms with van der Waals surface area (Å²) in [5.74, 6) is -5.76. The largest absolute Gasteiger partial charge is 0.481 e. The molecule has 0 radical (unpaired) electrons. The van der Waals surface area contributed by atoms with E-state index in [-0.39, 0.29) is 12.8 Å². The zero-order valence-corrected chi connectivity index (χ0v) is 19.8. The molecule has 11 N–H and O–H groups in total. The summed E-state index contributed by atoms with van der Waals surface area (Å²) in [6, 6.07) is -5.38. The number of hydrogen-bond donors (Lipinski definition) is 8. The Kier molecular flexibility index (Phi) is 15.2. The van der Waals surface area contributed by atoms with E-state index in [2.05, 4.69) is 16.0 Å². The topological polar surface area (TPSA) is 257 Å². The van der Waals surface area contributed by atoms with Gasteiger partial charge in [0, 0.05) is 0 Å². The van der Waals surface area contributed by atoms with Crippen molar-refractivity contribution < 1.29 is 39.0 Å². The van der Waals surface area contributed by atoms with Crippen LogP contribution in [-0.4, -0.2) is 88.5 Å². The van der Waals surface area contributed by atoms with Crippen LogP contribution in [0.1, 0.15) is 38.5 Å².